The van der Waals surface area contributed by atoms with E-state index in [2.05, 4.69) is 104 Å². The van der Waals surface area contributed by atoms with Crippen LogP contribution in [0.25, 0.3) is 5.69 Å². The molecular formula is C30H32N4S. The molecule has 0 bridgehead atoms. The van der Waals surface area contributed by atoms with Gasteiger partial charge in [0.1, 0.15) is 0 Å². The lowest BCUT2D eigenvalue weighted by molar-refractivity contribution is 0.565. The molecular weight excluding hydrogens is 448 g/mol. The van der Waals surface area contributed by atoms with Gasteiger partial charge in [0.2, 0.25) is 0 Å². The fraction of sp³-hybridized carbons (Fsp3) is 0.267. The van der Waals surface area contributed by atoms with Gasteiger partial charge in [-0.25, -0.2) is 0 Å². The summed E-state index contributed by atoms with van der Waals surface area (Å²) in [5.74, 6) is 0. The zero-order valence-electron chi connectivity index (χ0n) is 21.0. The summed E-state index contributed by atoms with van der Waals surface area (Å²) in [5, 5.41) is 4.33. The number of anilines is 1. The lowest BCUT2D eigenvalue weighted by Gasteiger charge is -2.28. The van der Waals surface area contributed by atoms with Crippen LogP contribution in [0.15, 0.2) is 72.9 Å². The zero-order valence-corrected chi connectivity index (χ0v) is 21.9. The maximum atomic E-state index is 5.95. The second-order valence-electron chi connectivity index (χ2n) is 9.41. The number of nitrogens with one attached hydrogen (secondary N) is 1. The normalized spacial score (nSPS) is 17.6. The highest BCUT2D eigenvalue weighted by molar-refractivity contribution is 7.80. The number of hydrogen-bond acceptors (Lipinski definition) is 2. The van der Waals surface area contributed by atoms with Crippen LogP contribution in [0.5, 0.6) is 0 Å². The molecule has 1 N–H and O–H groups in total. The van der Waals surface area contributed by atoms with Crippen molar-refractivity contribution in [2.75, 3.05) is 4.90 Å². The second-order valence-corrected chi connectivity index (χ2v) is 9.80. The van der Waals surface area contributed by atoms with Crippen LogP contribution >= 0.6 is 12.2 Å². The van der Waals surface area contributed by atoms with Gasteiger partial charge in [0.15, 0.2) is 5.11 Å². The molecule has 4 aromatic rings. The third-order valence-corrected chi connectivity index (χ3v) is 7.58. The standard InChI is InChI=1S/C30H32N4S/c1-6-23-11-7-8-13-27(23)33-21(4)18-25(22(33)5)29-28(26-12-9-10-16-31-26)32-30(35)34(29)24-15-14-19(2)20(3)17-24/h7-18,28-29H,6H2,1-5H3,(H,32,35)/t28-,29-/m0/s1. The average molecular weight is 481 g/mol. The maximum Gasteiger partial charge on any atom is 0.174 e. The molecule has 0 unspecified atom stereocenters. The highest BCUT2D eigenvalue weighted by atomic mass is 32.1. The number of thiocarbonyl (C=S) groups is 1. The third-order valence-electron chi connectivity index (χ3n) is 7.27. The molecule has 35 heavy (non-hydrogen) atoms. The Labute approximate surface area is 213 Å². The third kappa shape index (κ3) is 4.04. The van der Waals surface area contributed by atoms with Gasteiger partial charge in [0.05, 0.1) is 17.8 Å². The first-order chi connectivity index (χ1) is 16.9. The molecule has 0 aliphatic carbocycles. The van der Waals surface area contributed by atoms with Crippen LogP contribution in [0.4, 0.5) is 5.69 Å². The van der Waals surface area contributed by atoms with Crippen LogP contribution in [0, 0.1) is 27.7 Å². The van der Waals surface area contributed by atoms with Crippen molar-refractivity contribution in [1.82, 2.24) is 14.9 Å². The van der Waals surface area contributed by atoms with Crippen LogP contribution in [0.2, 0.25) is 0 Å². The van der Waals surface area contributed by atoms with Gasteiger partial charge in [0.25, 0.3) is 0 Å². The number of para-hydroxylation sites is 1. The quantitative estimate of drug-likeness (QED) is 0.317. The summed E-state index contributed by atoms with van der Waals surface area (Å²) in [7, 11) is 0. The van der Waals surface area contributed by atoms with Crippen LogP contribution < -0.4 is 10.2 Å². The van der Waals surface area contributed by atoms with E-state index in [9.17, 15) is 0 Å². The minimum absolute atomic E-state index is 0.0201. The number of pyridine rings is 1. The first kappa shape index (κ1) is 23.3. The van der Waals surface area contributed by atoms with E-state index < -0.39 is 0 Å². The Bertz CT molecular complexity index is 1390. The SMILES string of the molecule is CCc1ccccc1-n1c(C)cc([C@H]2[C@H](c3ccccn3)NC(=S)N2c2ccc(C)c(C)c2)c1C. The number of nitrogens with zero attached hydrogens (tertiary/aromatic N) is 3. The van der Waals surface area contributed by atoms with Crippen molar-refractivity contribution < 1.29 is 0 Å². The summed E-state index contributed by atoms with van der Waals surface area (Å²) in [4.78, 5) is 7.00. The van der Waals surface area contributed by atoms with E-state index in [4.69, 9.17) is 17.2 Å². The van der Waals surface area contributed by atoms with E-state index >= 15 is 0 Å². The molecule has 0 saturated carbocycles. The number of hydrogen-bond donors (Lipinski definition) is 1. The molecule has 1 aliphatic heterocycles. The van der Waals surface area contributed by atoms with Gasteiger partial charge in [0, 0.05) is 29.0 Å². The molecule has 5 rings (SSSR count). The molecule has 1 fully saturated rings. The Kier molecular flexibility index (Phi) is 6.20. The van der Waals surface area contributed by atoms with Crippen LogP contribution in [-0.4, -0.2) is 14.7 Å². The second kappa shape index (κ2) is 9.31. The van der Waals surface area contributed by atoms with Gasteiger partial charge in [-0.3, -0.25) is 4.98 Å². The Morgan fingerprint density at radius 2 is 1.69 bits per heavy atom. The molecule has 4 nitrogen and oxygen atoms in total. The number of aromatic nitrogens is 2. The van der Waals surface area contributed by atoms with Gasteiger partial charge in [-0.2, -0.15) is 0 Å². The number of rotatable bonds is 5. The summed E-state index contributed by atoms with van der Waals surface area (Å²) in [6.45, 7) is 10.9. The molecule has 0 spiro atoms. The van der Waals surface area contributed by atoms with Crippen molar-refractivity contribution in [3.63, 3.8) is 0 Å². The Morgan fingerprint density at radius 1 is 0.914 bits per heavy atom. The van der Waals surface area contributed by atoms with Gasteiger partial charge in [-0.1, -0.05) is 37.3 Å². The summed E-state index contributed by atoms with van der Waals surface area (Å²) < 4.78 is 2.39. The fourth-order valence-corrected chi connectivity index (χ4v) is 5.66. The molecule has 0 amide bonds. The first-order valence-corrected chi connectivity index (χ1v) is 12.7. The van der Waals surface area contributed by atoms with E-state index in [1.165, 1.54) is 39.3 Å². The van der Waals surface area contributed by atoms with E-state index in [0.29, 0.717) is 0 Å². The van der Waals surface area contributed by atoms with Crippen molar-refractivity contribution >= 4 is 23.0 Å². The monoisotopic (exact) mass is 480 g/mol. The minimum Gasteiger partial charge on any atom is -0.351 e. The lowest BCUT2D eigenvalue weighted by Crippen LogP contribution is -2.29. The van der Waals surface area contributed by atoms with Crippen LogP contribution in [-0.2, 0) is 6.42 Å². The molecule has 0 radical (unpaired) electrons. The van der Waals surface area contributed by atoms with Crippen molar-refractivity contribution in [1.29, 1.82) is 0 Å². The Morgan fingerprint density at radius 3 is 2.40 bits per heavy atom. The highest BCUT2D eigenvalue weighted by Crippen LogP contribution is 2.44. The largest absolute Gasteiger partial charge is 0.351 e. The topological polar surface area (TPSA) is 33.1 Å². The summed E-state index contributed by atoms with van der Waals surface area (Å²) in [5.41, 5.74) is 10.9. The van der Waals surface area contributed by atoms with E-state index in [1.54, 1.807) is 0 Å². The van der Waals surface area contributed by atoms with Crippen LogP contribution in [0.3, 0.4) is 0 Å². The molecule has 178 valence electrons. The zero-order chi connectivity index (χ0) is 24.7. The van der Waals surface area contributed by atoms with E-state index in [-0.39, 0.29) is 12.1 Å². The van der Waals surface area contributed by atoms with Gasteiger partial charge in [-0.05, 0) is 105 Å². The smallest absolute Gasteiger partial charge is 0.174 e. The van der Waals surface area contributed by atoms with Crippen LogP contribution in [0.1, 0.15) is 58.3 Å². The molecule has 2 atom stereocenters. The number of benzene rings is 2. The van der Waals surface area contributed by atoms with Gasteiger partial charge in [-0.15, -0.1) is 0 Å². The first-order valence-electron chi connectivity index (χ1n) is 12.3. The maximum absolute atomic E-state index is 5.95. The van der Waals surface area contributed by atoms with Crippen molar-refractivity contribution in [2.45, 2.75) is 53.1 Å². The fourth-order valence-electron chi connectivity index (χ4n) is 5.31. The Hall–Kier alpha value is -3.44. The predicted octanol–water partition coefficient (Wildman–Crippen LogP) is 6.85. The Balaban J connectivity index is 1.70. The molecule has 5 heteroatoms. The van der Waals surface area contributed by atoms with Gasteiger partial charge >= 0.3 is 0 Å². The predicted molar refractivity (Wildman–Crippen MR) is 148 cm³/mol. The molecule has 2 aromatic heterocycles. The van der Waals surface area contributed by atoms with E-state index in [0.717, 1.165) is 22.9 Å². The van der Waals surface area contributed by atoms with Crippen molar-refractivity contribution in [3.8, 4) is 5.69 Å². The molecule has 1 aliphatic rings. The average Bonchev–Trinajstić information content (AvgIpc) is 3.36. The molecule has 1 saturated heterocycles. The summed E-state index contributed by atoms with van der Waals surface area (Å²) in [6.07, 6.45) is 2.85. The summed E-state index contributed by atoms with van der Waals surface area (Å²) >= 11 is 5.95. The van der Waals surface area contributed by atoms with E-state index in [1.807, 2.05) is 18.3 Å². The lowest BCUT2D eigenvalue weighted by atomic mass is 9.96. The molecule has 3 heterocycles. The minimum atomic E-state index is -0.0549. The summed E-state index contributed by atoms with van der Waals surface area (Å²) in [6, 6.07) is 23.6. The number of aryl methyl sites for hydroxylation is 4. The highest BCUT2D eigenvalue weighted by Gasteiger charge is 2.42. The van der Waals surface area contributed by atoms with Crippen molar-refractivity contribution in [2.24, 2.45) is 0 Å². The molecule has 2 aromatic carbocycles. The van der Waals surface area contributed by atoms with Gasteiger partial charge < -0.3 is 14.8 Å². The van der Waals surface area contributed by atoms with Crippen molar-refractivity contribution in [3.05, 3.63) is 112 Å².